The van der Waals surface area contributed by atoms with E-state index in [0.717, 1.165) is 32.1 Å². The zero-order valence-corrected chi connectivity index (χ0v) is 36.6. The van der Waals surface area contributed by atoms with Gasteiger partial charge in [-0.1, -0.05) is 264 Å². The number of aliphatic hydroxyl groups excluding tert-OH is 3. The lowest BCUT2D eigenvalue weighted by atomic mass is 10.0. The van der Waals surface area contributed by atoms with Crippen molar-refractivity contribution in [3.8, 4) is 0 Å². The molecule has 0 heterocycles. The van der Waals surface area contributed by atoms with Crippen molar-refractivity contribution in [1.29, 1.82) is 0 Å². The third-order valence-electron chi connectivity index (χ3n) is 11.6. The van der Waals surface area contributed by atoms with E-state index in [2.05, 4.69) is 19.2 Å². The number of amides is 1. The fourth-order valence-electron chi connectivity index (χ4n) is 7.78. The van der Waals surface area contributed by atoms with Gasteiger partial charge in [0.25, 0.3) is 0 Å². The first kappa shape index (κ1) is 53.1. The lowest BCUT2D eigenvalue weighted by Gasteiger charge is -2.21. The Hall–Kier alpha value is -0.910. The summed E-state index contributed by atoms with van der Waals surface area (Å²) in [4.78, 5) is 12.5. The van der Waals surface area contributed by atoms with Crippen molar-refractivity contribution in [2.45, 2.75) is 289 Å². The summed E-state index contributed by atoms with van der Waals surface area (Å²) in [7, 11) is 0. The molecule has 0 aromatic heterocycles. The maximum absolute atomic E-state index is 12.5. The van der Waals surface area contributed by atoms with Gasteiger partial charge in [-0.3, -0.25) is 4.79 Å². The third kappa shape index (κ3) is 39.3. The van der Waals surface area contributed by atoms with E-state index in [-0.39, 0.29) is 6.61 Å². The standard InChI is InChI=1S/C49H97NO4/c1-3-5-7-9-11-13-15-17-19-21-23-24-25-26-28-30-32-34-36-38-40-42-44-48(53)49(54)50-46(45-51)47(52)43-41-39-37-35-33-31-29-27-22-20-18-16-14-12-10-8-6-4-2/h41,43,46-48,51-53H,3-40,42,44-45H2,1-2H3,(H,50,54)/b43-41+. The molecule has 54 heavy (non-hydrogen) atoms. The first-order valence-electron chi connectivity index (χ1n) is 24.5. The van der Waals surface area contributed by atoms with Gasteiger partial charge in [-0.2, -0.15) is 0 Å². The zero-order valence-electron chi connectivity index (χ0n) is 36.6. The maximum Gasteiger partial charge on any atom is 0.249 e. The van der Waals surface area contributed by atoms with Crippen LogP contribution in [0.4, 0.5) is 0 Å². The third-order valence-corrected chi connectivity index (χ3v) is 11.6. The van der Waals surface area contributed by atoms with Gasteiger partial charge in [-0.05, 0) is 19.3 Å². The predicted molar refractivity (Wildman–Crippen MR) is 236 cm³/mol. The molecule has 0 aromatic rings. The average molecular weight is 764 g/mol. The Kier molecular flexibility index (Phi) is 44.0. The van der Waals surface area contributed by atoms with Crippen LogP contribution in [0, 0.1) is 0 Å². The molecule has 0 fully saturated rings. The second kappa shape index (κ2) is 44.8. The number of aliphatic hydroxyl groups is 3. The number of carbonyl (C=O) groups is 1. The van der Waals surface area contributed by atoms with Gasteiger partial charge in [0.2, 0.25) is 5.91 Å². The van der Waals surface area contributed by atoms with Crippen LogP contribution in [0.15, 0.2) is 12.2 Å². The minimum Gasteiger partial charge on any atom is -0.394 e. The van der Waals surface area contributed by atoms with Crippen molar-refractivity contribution >= 4 is 5.91 Å². The molecule has 0 aliphatic rings. The van der Waals surface area contributed by atoms with Gasteiger partial charge in [0.15, 0.2) is 0 Å². The Morgan fingerprint density at radius 1 is 0.444 bits per heavy atom. The highest BCUT2D eigenvalue weighted by Gasteiger charge is 2.22. The molecule has 3 atom stereocenters. The van der Waals surface area contributed by atoms with E-state index in [0.29, 0.717) is 6.42 Å². The molecule has 0 radical (unpaired) electrons. The van der Waals surface area contributed by atoms with Crippen molar-refractivity contribution < 1.29 is 20.1 Å². The molecule has 0 aromatic carbocycles. The summed E-state index contributed by atoms with van der Waals surface area (Å²) in [6.07, 6.45) is 54.0. The summed E-state index contributed by atoms with van der Waals surface area (Å²) in [6, 6.07) is -0.793. The highest BCUT2D eigenvalue weighted by Crippen LogP contribution is 2.17. The zero-order chi connectivity index (χ0) is 39.4. The minimum atomic E-state index is -1.09. The molecule has 0 spiro atoms. The number of nitrogens with one attached hydrogen (secondary N) is 1. The molecule has 0 rings (SSSR count). The number of unbranched alkanes of at least 4 members (excludes halogenated alkanes) is 37. The van der Waals surface area contributed by atoms with Gasteiger partial charge in [-0.25, -0.2) is 0 Å². The summed E-state index contributed by atoms with van der Waals surface area (Å²) < 4.78 is 0. The Bertz CT molecular complexity index is 758. The van der Waals surface area contributed by atoms with Crippen LogP contribution >= 0.6 is 0 Å². The molecular weight excluding hydrogens is 667 g/mol. The monoisotopic (exact) mass is 764 g/mol. The molecule has 0 saturated carbocycles. The Morgan fingerprint density at radius 2 is 0.722 bits per heavy atom. The first-order valence-corrected chi connectivity index (χ1v) is 24.5. The van der Waals surface area contributed by atoms with E-state index in [1.165, 1.54) is 218 Å². The lowest BCUT2D eigenvalue weighted by molar-refractivity contribution is -0.131. The minimum absolute atomic E-state index is 0.359. The summed E-state index contributed by atoms with van der Waals surface area (Å²) in [5, 5.41) is 33.2. The average Bonchev–Trinajstić information content (AvgIpc) is 3.18. The van der Waals surface area contributed by atoms with Crippen LogP contribution in [0.1, 0.15) is 271 Å². The summed E-state index contributed by atoms with van der Waals surface area (Å²) in [5.41, 5.74) is 0. The van der Waals surface area contributed by atoms with Crippen LogP contribution in [-0.4, -0.2) is 46.1 Å². The van der Waals surface area contributed by atoms with Crippen LogP contribution in [-0.2, 0) is 4.79 Å². The van der Waals surface area contributed by atoms with Crippen molar-refractivity contribution in [3.05, 3.63) is 12.2 Å². The second-order valence-electron chi connectivity index (χ2n) is 17.0. The number of rotatable bonds is 45. The predicted octanol–water partition coefficient (Wildman–Crippen LogP) is 14.4. The summed E-state index contributed by atoms with van der Waals surface area (Å²) >= 11 is 0. The molecular formula is C49H97NO4. The smallest absolute Gasteiger partial charge is 0.249 e. The molecule has 0 aliphatic heterocycles. The molecule has 5 nitrogen and oxygen atoms in total. The van der Waals surface area contributed by atoms with Crippen LogP contribution in [0.3, 0.4) is 0 Å². The van der Waals surface area contributed by atoms with Gasteiger partial charge in [-0.15, -0.1) is 0 Å². The van der Waals surface area contributed by atoms with Gasteiger partial charge in [0.1, 0.15) is 6.10 Å². The maximum atomic E-state index is 12.5. The normalized spacial score (nSPS) is 13.5. The van der Waals surface area contributed by atoms with Gasteiger partial charge in [0.05, 0.1) is 18.8 Å². The van der Waals surface area contributed by atoms with Crippen LogP contribution in [0.5, 0.6) is 0 Å². The van der Waals surface area contributed by atoms with Crippen molar-refractivity contribution in [1.82, 2.24) is 5.32 Å². The summed E-state index contributed by atoms with van der Waals surface area (Å²) in [6.45, 7) is 4.21. The van der Waals surface area contributed by atoms with E-state index in [9.17, 15) is 20.1 Å². The molecule has 322 valence electrons. The van der Waals surface area contributed by atoms with Gasteiger partial charge >= 0.3 is 0 Å². The first-order chi connectivity index (χ1) is 26.6. The molecule has 4 N–H and O–H groups in total. The topological polar surface area (TPSA) is 89.8 Å². The Morgan fingerprint density at radius 3 is 1.02 bits per heavy atom. The van der Waals surface area contributed by atoms with Gasteiger partial charge < -0.3 is 20.6 Å². The number of hydrogen-bond donors (Lipinski definition) is 4. The molecule has 3 unspecified atom stereocenters. The molecule has 1 amide bonds. The van der Waals surface area contributed by atoms with E-state index >= 15 is 0 Å². The van der Waals surface area contributed by atoms with Crippen LogP contribution in [0.25, 0.3) is 0 Å². The highest BCUT2D eigenvalue weighted by molar-refractivity contribution is 5.80. The highest BCUT2D eigenvalue weighted by atomic mass is 16.3. The molecule has 0 saturated heterocycles. The van der Waals surface area contributed by atoms with E-state index in [1.54, 1.807) is 6.08 Å². The van der Waals surface area contributed by atoms with Crippen molar-refractivity contribution in [2.75, 3.05) is 6.61 Å². The summed E-state index contributed by atoms with van der Waals surface area (Å²) in [5.74, 6) is -0.497. The SMILES string of the molecule is CCCCCCCCCCCCCCCCCC/C=C/C(O)C(CO)NC(=O)C(O)CCCCCCCCCCCCCCCCCCCCCCCC. The van der Waals surface area contributed by atoms with Crippen LogP contribution in [0.2, 0.25) is 0 Å². The van der Waals surface area contributed by atoms with E-state index in [4.69, 9.17) is 0 Å². The van der Waals surface area contributed by atoms with Crippen molar-refractivity contribution in [2.24, 2.45) is 0 Å². The van der Waals surface area contributed by atoms with E-state index < -0.39 is 24.2 Å². The van der Waals surface area contributed by atoms with Crippen molar-refractivity contribution in [3.63, 3.8) is 0 Å². The lowest BCUT2D eigenvalue weighted by Crippen LogP contribution is -2.48. The number of carbonyl (C=O) groups excluding carboxylic acids is 1. The quantitative estimate of drug-likeness (QED) is 0.0367. The molecule has 5 heteroatoms. The molecule has 0 bridgehead atoms. The number of hydrogen-bond acceptors (Lipinski definition) is 4. The van der Waals surface area contributed by atoms with Gasteiger partial charge in [0, 0.05) is 0 Å². The fourth-order valence-corrected chi connectivity index (χ4v) is 7.78. The Labute approximate surface area is 338 Å². The Balaban J connectivity index is 3.59. The number of allylic oxidation sites excluding steroid dienone is 1. The second-order valence-corrected chi connectivity index (χ2v) is 17.0. The fraction of sp³-hybridized carbons (Fsp3) is 0.939. The largest absolute Gasteiger partial charge is 0.394 e. The van der Waals surface area contributed by atoms with Crippen LogP contribution < -0.4 is 5.32 Å². The molecule has 0 aliphatic carbocycles. The van der Waals surface area contributed by atoms with E-state index in [1.807, 2.05) is 6.08 Å².